The van der Waals surface area contributed by atoms with Gasteiger partial charge in [0.05, 0.1) is 0 Å². The number of amides is 1. The van der Waals surface area contributed by atoms with E-state index in [1.165, 1.54) is 45.2 Å². The van der Waals surface area contributed by atoms with Crippen molar-refractivity contribution in [2.45, 2.75) is 57.9 Å². The van der Waals surface area contributed by atoms with Crippen molar-refractivity contribution in [3.05, 3.63) is 58.9 Å². The first kappa shape index (κ1) is 24.8. The van der Waals surface area contributed by atoms with Crippen LogP contribution in [0.2, 0.25) is 0 Å². The van der Waals surface area contributed by atoms with Gasteiger partial charge >= 0.3 is 6.18 Å². The summed E-state index contributed by atoms with van der Waals surface area (Å²) in [5.41, 5.74) is -2.63. The van der Waals surface area contributed by atoms with Crippen molar-refractivity contribution in [3.8, 4) is 0 Å². The summed E-state index contributed by atoms with van der Waals surface area (Å²) in [6, 6.07) is 4.67. The molecule has 0 radical (unpaired) electrons. The van der Waals surface area contributed by atoms with Gasteiger partial charge in [-0.2, -0.15) is 13.2 Å². The average molecular weight is 470 g/mol. The zero-order valence-electron chi connectivity index (χ0n) is 18.4. The highest BCUT2D eigenvalue weighted by molar-refractivity contribution is 5.97. The average Bonchev–Trinajstić information content (AvgIpc) is 3.06. The summed E-state index contributed by atoms with van der Waals surface area (Å²) in [4.78, 5) is 28.6. The number of aromatic nitrogens is 1. The van der Waals surface area contributed by atoms with Crippen molar-refractivity contribution < 1.29 is 36.3 Å². The van der Waals surface area contributed by atoms with Crippen molar-refractivity contribution in [2.75, 3.05) is 5.32 Å². The topological polar surface area (TPSA) is 68.3 Å². The highest BCUT2D eigenvalue weighted by Crippen LogP contribution is 2.55. The largest absolute Gasteiger partial charge is 0.417 e. The van der Waals surface area contributed by atoms with Crippen LogP contribution in [0.1, 0.15) is 54.7 Å². The summed E-state index contributed by atoms with van der Waals surface area (Å²) in [6.07, 6.45) is -5.24. The molecule has 10 heteroatoms. The number of rotatable bonds is 5. The molecule has 1 N–H and O–H groups in total. The molecule has 4 atom stereocenters. The van der Waals surface area contributed by atoms with Crippen LogP contribution in [0.25, 0.3) is 0 Å². The molecule has 0 bridgehead atoms. The quantitative estimate of drug-likeness (QED) is 0.473. The van der Waals surface area contributed by atoms with Crippen LogP contribution in [0.3, 0.4) is 0 Å². The molecular weight excluding hydrogens is 447 g/mol. The normalized spacial score (nSPS) is 25.2. The first-order valence-corrected chi connectivity index (χ1v) is 10.3. The van der Waals surface area contributed by atoms with Gasteiger partial charge in [-0.1, -0.05) is 13.0 Å². The second-order valence-corrected chi connectivity index (χ2v) is 8.23. The van der Waals surface area contributed by atoms with Gasteiger partial charge in [0, 0.05) is 30.6 Å². The third-order valence-electron chi connectivity index (χ3n) is 6.23. The van der Waals surface area contributed by atoms with Crippen molar-refractivity contribution >= 4 is 17.4 Å². The molecule has 3 rings (SSSR count). The number of pyridine rings is 1. The van der Waals surface area contributed by atoms with E-state index >= 15 is 0 Å². The standard InChI is InChI=1S/C23H23F5N2O3/c1-5-15-18(14-6-7-16(24)19(25)11(14)2)20(33-22(15,4)23(26,27)28)21(32)30-13-8-9-29-17(10-13)12(3)31/h6-10,15,18,20H,5H2,1-4H3,(H,29,30,32)/t15-,18+,20+,22+/m0/s1. The van der Waals surface area contributed by atoms with Gasteiger partial charge in [-0.3, -0.25) is 14.6 Å². The number of hydrogen-bond donors (Lipinski definition) is 1. The van der Waals surface area contributed by atoms with E-state index in [0.717, 1.165) is 13.0 Å². The first-order chi connectivity index (χ1) is 15.3. The maximum Gasteiger partial charge on any atom is 0.417 e. The molecule has 0 unspecified atom stereocenters. The van der Waals surface area contributed by atoms with Gasteiger partial charge in [0.2, 0.25) is 0 Å². The highest BCUT2D eigenvalue weighted by atomic mass is 19.4. The molecule has 0 spiro atoms. The fourth-order valence-corrected chi connectivity index (χ4v) is 4.44. The molecule has 1 aromatic carbocycles. The Kier molecular flexibility index (Phi) is 6.61. The summed E-state index contributed by atoms with van der Waals surface area (Å²) in [5.74, 6) is -6.06. The van der Waals surface area contributed by atoms with Crippen LogP contribution in [-0.2, 0) is 9.53 Å². The number of nitrogens with one attached hydrogen (secondary N) is 1. The predicted molar refractivity (Wildman–Crippen MR) is 110 cm³/mol. The van der Waals surface area contributed by atoms with Gasteiger partial charge < -0.3 is 10.1 Å². The van der Waals surface area contributed by atoms with E-state index in [4.69, 9.17) is 4.74 Å². The number of anilines is 1. The molecule has 0 saturated carbocycles. The van der Waals surface area contributed by atoms with E-state index in [-0.39, 0.29) is 34.7 Å². The van der Waals surface area contributed by atoms with Crippen LogP contribution in [0.4, 0.5) is 27.6 Å². The SMILES string of the molecule is CC[C@H]1[C@@H](c2ccc(F)c(F)c2C)[C@H](C(=O)Nc2ccnc(C(C)=O)c2)O[C@@]1(C)C(F)(F)F. The van der Waals surface area contributed by atoms with E-state index in [2.05, 4.69) is 10.3 Å². The molecule has 2 heterocycles. The Morgan fingerprint density at radius 2 is 1.88 bits per heavy atom. The monoisotopic (exact) mass is 470 g/mol. The molecule has 2 aromatic rings. The molecule has 5 nitrogen and oxygen atoms in total. The number of carbonyl (C=O) groups excluding carboxylic acids is 2. The molecule has 1 fully saturated rings. The highest BCUT2D eigenvalue weighted by Gasteiger charge is 2.66. The molecule has 1 aliphatic rings. The first-order valence-electron chi connectivity index (χ1n) is 10.3. The summed E-state index contributed by atoms with van der Waals surface area (Å²) < 4.78 is 75.7. The smallest absolute Gasteiger partial charge is 0.352 e. The van der Waals surface area contributed by atoms with Crippen LogP contribution >= 0.6 is 0 Å². The fraction of sp³-hybridized carbons (Fsp3) is 0.435. The lowest BCUT2D eigenvalue weighted by Gasteiger charge is -2.33. The number of hydrogen-bond acceptors (Lipinski definition) is 4. The molecule has 178 valence electrons. The number of ether oxygens (including phenoxy) is 1. The van der Waals surface area contributed by atoms with Crippen molar-refractivity contribution in [1.82, 2.24) is 4.98 Å². The minimum absolute atomic E-state index is 0.0351. The minimum atomic E-state index is -4.83. The Morgan fingerprint density at radius 3 is 2.45 bits per heavy atom. The minimum Gasteiger partial charge on any atom is -0.352 e. The molecule has 1 saturated heterocycles. The van der Waals surface area contributed by atoms with Gasteiger partial charge in [0.25, 0.3) is 5.91 Å². The number of ketones is 1. The molecule has 1 aliphatic heterocycles. The number of carbonyl (C=O) groups is 2. The van der Waals surface area contributed by atoms with E-state index in [1.54, 1.807) is 0 Å². The maximum atomic E-state index is 14.3. The third-order valence-corrected chi connectivity index (χ3v) is 6.23. The number of alkyl halides is 3. The Morgan fingerprint density at radius 1 is 1.21 bits per heavy atom. The lowest BCUT2D eigenvalue weighted by atomic mass is 9.73. The third kappa shape index (κ3) is 4.36. The van der Waals surface area contributed by atoms with E-state index < -0.39 is 47.3 Å². The summed E-state index contributed by atoms with van der Waals surface area (Å²) in [7, 11) is 0. The summed E-state index contributed by atoms with van der Waals surface area (Å²) in [5, 5.41) is 2.47. The lowest BCUT2D eigenvalue weighted by Crippen LogP contribution is -2.48. The van der Waals surface area contributed by atoms with E-state index in [0.29, 0.717) is 0 Å². The van der Waals surface area contributed by atoms with Crippen LogP contribution in [-0.4, -0.2) is 34.6 Å². The molecule has 0 aliphatic carbocycles. The fourth-order valence-electron chi connectivity index (χ4n) is 4.44. The molecule has 1 amide bonds. The Labute approximate surface area is 187 Å². The zero-order chi connectivity index (χ0) is 24.7. The Bertz CT molecular complexity index is 1090. The van der Waals surface area contributed by atoms with Crippen LogP contribution in [0.15, 0.2) is 30.5 Å². The molecular formula is C23H23F5N2O3. The number of halogens is 5. The Hall–Kier alpha value is -2.88. The summed E-state index contributed by atoms with van der Waals surface area (Å²) >= 11 is 0. The number of nitrogens with zero attached hydrogens (tertiary/aromatic N) is 1. The van der Waals surface area contributed by atoms with E-state index in [1.807, 2.05) is 0 Å². The summed E-state index contributed by atoms with van der Waals surface area (Å²) in [6.45, 7) is 4.90. The maximum absolute atomic E-state index is 14.3. The predicted octanol–water partition coefficient (Wildman–Crippen LogP) is 5.34. The molecule has 33 heavy (non-hydrogen) atoms. The lowest BCUT2D eigenvalue weighted by molar-refractivity contribution is -0.274. The van der Waals surface area contributed by atoms with Crippen molar-refractivity contribution in [3.63, 3.8) is 0 Å². The van der Waals surface area contributed by atoms with Crippen LogP contribution in [0, 0.1) is 24.5 Å². The second kappa shape index (κ2) is 8.81. The van der Waals surface area contributed by atoms with Gasteiger partial charge in [-0.15, -0.1) is 0 Å². The van der Waals surface area contributed by atoms with Gasteiger partial charge in [0.1, 0.15) is 11.8 Å². The van der Waals surface area contributed by atoms with Crippen LogP contribution < -0.4 is 5.32 Å². The second-order valence-electron chi connectivity index (χ2n) is 8.23. The van der Waals surface area contributed by atoms with Crippen molar-refractivity contribution in [1.29, 1.82) is 0 Å². The van der Waals surface area contributed by atoms with Gasteiger partial charge in [0.15, 0.2) is 23.0 Å². The van der Waals surface area contributed by atoms with Crippen molar-refractivity contribution in [2.24, 2.45) is 5.92 Å². The Balaban J connectivity index is 2.08. The van der Waals surface area contributed by atoms with Crippen LogP contribution in [0.5, 0.6) is 0 Å². The van der Waals surface area contributed by atoms with E-state index in [9.17, 15) is 31.5 Å². The molecule has 1 aromatic heterocycles. The van der Waals surface area contributed by atoms with Gasteiger partial charge in [-0.25, -0.2) is 8.78 Å². The number of benzene rings is 1. The number of Topliss-reactive ketones (excluding diaryl/α,β-unsaturated/α-hetero) is 1. The zero-order valence-corrected chi connectivity index (χ0v) is 18.4. The van der Waals surface area contributed by atoms with Gasteiger partial charge in [-0.05, 0) is 49.6 Å².